The van der Waals surface area contributed by atoms with Gasteiger partial charge in [-0.25, -0.2) is 0 Å². The molecule has 0 bridgehead atoms. The number of rotatable bonds is 7. The maximum Gasteiger partial charge on any atom is 0.326 e. The van der Waals surface area contributed by atoms with Crippen molar-refractivity contribution in [2.75, 3.05) is 24.7 Å². The third-order valence-corrected chi connectivity index (χ3v) is 4.84. The van der Waals surface area contributed by atoms with E-state index >= 15 is 0 Å². The topological polar surface area (TPSA) is 72.9 Å². The molecule has 0 unspecified atom stereocenters. The fraction of sp³-hybridized carbons (Fsp3) is 0.316. The van der Waals surface area contributed by atoms with Crippen molar-refractivity contribution in [2.24, 2.45) is 0 Å². The van der Waals surface area contributed by atoms with Gasteiger partial charge in [0.15, 0.2) is 5.78 Å². The summed E-state index contributed by atoms with van der Waals surface area (Å²) in [5.74, 6) is -0.0593. The highest BCUT2D eigenvalue weighted by Crippen LogP contribution is 2.30. The fourth-order valence-electron chi connectivity index (χ4n) is 2.65. The maximum absolute atomic E-state index is 12.3. The number of carbonyl (C=O) groups is 3. The Morgan fingerprint density at radius 3 is 2.85 bits per heavy atom. The summed E-state index contributed by atoms with van der Waals surface area (Å²) in [5.41, 5.74) is 0.569. The molecule has 7 heteroatoms. The molecule has 1 aliphatic rings. The zero-order chi connectivity index (χ0) is 18.4. The Bertz CT molecular complexity index is 787. The van der Waals surface area contributed by atoms with E-state index in [1.165, 1.54) is 16.2 Å². The van der Waals surface area contributed by atoms with Crippen LogP contribution in [0.5, 0.6) is 5.75 Å². The van der Waals surface area contributed by atoms with Crippen molar-refractivity contribution in [1.82, 2.24) is 0 Å². The number of thiophene rings is 1. The number of amides is 1. The molecule has 26 heavy (non-hydrogen) atoms. The standard InChI is InChI=1S/C19H19NO5S/c21-15(17-8-4-12-26-17)6-3-10-25-19(23)13-20-14-5-1-2-7-16(14)24-11-9-18(20)22/h1-2,4-5,7-8,12H,3,6,9-11,13H2. The first-order chi connectivity index (χ1) is 12.6. The van der Waals surface area contributed by atoms with Gasteiger partial charge >= 0.3 is 5.97 Å². The van der Waals surface area contributed by atoms with Crippen LogP contribution in [0.1, 0.15) is 28.9 Å². The van der Waals surface area contributed by atoms with E-state index in [0.717, 1.165) is 0 Å². The fourth-order valence-corrected chi connectivity index (χ4v) is 3.34. The number of hydrogen-bond acceptors (Lipinski definition) is 6. The van der Waals surface area contributed by atoms with E-state index in [2.05, 4.69) is 0 Å². The molecule has 0 fully saturated rings. The molecule has 3 rings (SSSR count). The van der Waals surface area contributed by atoms with Crippen molar-refractivity contribution in [3.05, 3.63) is 46.7 Å². The van der Waals surface area contributed by atoms with E-state index in [4.69, 9.17) is 9.47 Å². The van der Waals surface area contributed by atoms with Gasteiger partial charge < -0.3 is 9.47 Å². The highest BCUT2D eigenvalue weighted by Gasteiger charge is 2.25. The predicted octanol–water partition coefficient (Wildman–Crippen LogP) is 3.07. The van der Waals surface area contributed by atoms with Crippen LogP contribution in [0.3, 0.4) is 0 Å². The Kier molecular flexibility index (Phi) is 6.01. The lowest BCUT2D eigenvalue weighted by molar-refractivity contribution is -0.143. The minimum Gasteiger partial charge on any atom is -0.491 e. The number of benzene rings is 1. The molecule has 0 N–H and O–H groups in total. The summed E-state index contributed by atoms with van der Waals surface area (Å²) >= 11 is 1.40. The molecule has 1 aromatic heterocycles. The summed E-state index contributed by atoms with van der Waals surface area (Å²) in [7, 11) is 0. The van der Waals surface area contributed by atoms with Gasteiger partial charge in [0.1, 0.15) is 12.3 Å². The second-order valence-corrected chi connectivity index (χ2v) is 6.72. The highest BCUT2D eigenvalue weighted by molar-refractivity contribution is 7.12. The summed E-state index contributed by atoms with van der Waals surface area (Å²) < 4.78 is 10.7. The Labute approximate surface area is 155 Å². The minimum atomic E-state index is -0.501. The summed E-state index contributed by atoms with van der Waals surface area (Å²) in [6.07, 6.45) is 0.987. The zero-order valence-corrected chi connectivity index (χ0v) is 15.0. The van der Waals surface area contributed by atoms with Crippen LogP contribution in [0.25, 0.3) is 0 Å². The Morgan fingerprint density at radius 2 is 2.04 bits per heavy atom. The van der Waals surface area contributed by atoms with Crippen molar-refractivity contribution >= 4 is 34.7 Å². The molecule has 0 atom stereocenters. The van der Waals surface area contributed by atoms with Gasteiger partial charge in [0.2, 0.25) is 5.91 Å². The molecule has 1 aromatic carbocycles. The van der Waals surface area contributed by atoms with E-state index < -0.39 is 5.97 Å². The second kappa shape index (κ2) is 8.62. The largest absolute Gasteiger partial charge is 0.491 e. The van der Waals surface area contributed by atoms with Crippen molar-refractivity contribution in [3.63, 3.8) is 0 Å². The summed E-state index contributed by atoms with van der Waals surface area (Å²) in [6, 6.07) is 10.7. The molecule has 136 valence electrons. The molecule has 6 nitrogen and oxygen atoms in total. The summed E-state index contributed by atoms with van der Waals surface area (Å²) in [6.45, 7) is 0.264. The minimum absolute atomic E-state index is 0.0461. The van der Waals surface area contributed by atoms with Crippen molar-refractivity contribution in [3.8, 4) is 5.75 Å². The van der Waals surface area contributed by atoms with Crippen LogP contribution < -0.4 is 9.64 Å². The molecule has 0 saturated heterocycles. The number of esters is 1. The van der Waals surface area contributed by atoms with Crippen molar-refractivity contribution in [2.45, 2.75) is 19.3 Å². The predicted molar refractivity (Wildman–Crippen MR) is 97.7 cm³/mol. The molecule has 2 aromatic rings. The van der Waals surface area contributed by atoms with Gasteiger partial charge in [0.05, 0.1) is 30.2 Å². The van der Waals surface area contributed by atoms with Crippen LogP contribution in [-0.2, 0) is 14.3 Å². The van der Waals surface area contributed by atoms with E-state index in [1.54, 1.807) is 24.3 Å². The van der Waals surface area contributed by atoms with Crippen LogP contribution >= 0.6 is 11.3 Å². The molecule has 0 saturated carbocycles. The molecule has 0 spiro atoms. The number of hydrogen-bond donors (Lipinski definition) is 0. The first-order valence-corrected chi connectivity index (χ1v) is 9.27. The molecule has 1 aliphatic heterocycles. The molecule has 0 radical (unpaired) electrons. The number of ether oxygens (including phenoxy) is 2. The Balaban J connectivity index is 1.50. The second-order valence-electron chi connectivity index (χ2n) is 5.77. The first-order valence-electron chi connectivity index (χ1n) is 8.39. The third kappa shape index (κ3) is 4.49. The number of para-hydroxylation sites is 2. The van der Waals surface area contributed by atoms with Crippen LogP contribution in [0.4, 0.5) is 5.69 Å². The van der Waals surface area contributed by atoms with Crippen LogP contribution in [0, 0.1) is 0 Å². The van der Waals surface area contributed by atoms with Gasteiger partial charge in [-0.3, -0.25) is 19.3 Å². The summed E-state index contributed by atoms with van der Waals surface area (Å²) in [5, 5.41) is 1.85. The SMILES string of the molecule is O=C(CN1C(=O)CCOc2ccccc21)OCCCC(=O)c1cccs1. The van der Waals surface area contributed by atoms with E-state index in [1.807, 2.05) is 17.5 Å². The van der Waals surface area contributed by atoms with Gasteiger partial charge in [0.25, 0.3) is 0 Å². The smallest absolute Gasteiger partial charge is 0.326 e. The van der Waals surface area contributed by atoms with Gasteiger partial charge in [-0.15, -0.1) is 11.3 Å². The number of ketones is 1. The van der Waals surface area contributed by atoms with Crippen LogP contribution in [0.2, 0.25) is 0 Å². The lowest BCUT2D eigenvalue weighted by Crippen LogP contribution is -2.36. The van der Waals surface area contributed by atoms with E-state index in [0.29, 0.717) is 29.2 Å². The number of anilines is 1. The van der Waals surface area contributed by atoms with E-state index in [-0.39, 0.29) is 37.9 Å². The first kappa shape index (κ1) is 18.1. The summed E-state index contributed by atoms with van der Waals surface area (Å²) in [4.78, 5) is 38.4. The molecular weight excluding hydrogens is 354 g/mol. The molecule has 0 aliphatic carbocycles. The normalized spacial score (nSPS) is 13.5. The van der Waals surface area contributed by atoms with Crippen molar-refractivity contribution in [1.29, 1.82) is 0 Å². The molecular formula is C19H19NO5S. The highest BCUT2D eigenvalue weighted by atomic mass is 32.1. The molecule has 1 amide bonds. The lowest BCUT2D eigenvalue weighted by Gasteiger charge is -2.20. The number of Topliss-reactive ketones (excluding diaryl/α,β-unsaturated/α-hetero) is 1. The van der Waals surface area contributed by atoms with Crippen LogP contribution in [0.15, 0.2) is 41.8 Å². The van der Waals surface area contributed by atoms with E-state index in [9.17, 15) is 14.4 Å². The quantitative estimate of drug-likeness (QED) is 0.424. The van der Waals surface area contributed by atoms with Crippen molar-refractivity contribution < 1.29 is 23.9 Å². The van der Waals surface area contributed by atoms with Gasteiger partial charge in [-0.1, -0.05) is 18.2 Å². The molecule has 2 heterocycles. The number of nitrogens with zero attached hydrogens (tertiary/aromatic N) is 1. The van der Waals surface area contributed by atoms with Crippen LogP contribution in [-0.4, -0.2) is 37.4 Å². The number of fused-ring (bicyclic) bond motifs is 1. The third-order valence-electron chi connectivity index (χ3n) is 3.93. The van der Waals surface area contributed by atoms with Gasteiger partial charge in [-0.05, 0) is 30.0 Å². The lowest BCUT2D eigenvalue weighted by atomic mass is 10.2. The maximum atomic E-state index is 12.3. The average molecular weight is 373 g/mol. The monoisotopic (exact) mass is 373 g/mol. The number of carbonyl (C=O) groups excluding carboxylic acids is 3. The van der Waals surface area contributed by atoms with Gasteiger partial charge in [-0.2, -0.15) is 0 Å². The van der Waals surface area contributed by atoms with Gasteiger partial charge in [0, 0.05) is 6.42 Å². The zero-order valence-electron chi connectivity index (χ0n) is 14.2. The Hall–Kier alpha value is -2.67. The average Bonchev–Trinajstić information content (AvgIpc) is 3.13. The Morgan fingerprint density at radius 1 is 1.19 bits per heavy atom.